The Balaban J connectivity index is 2.23. The summed E-state index contributed by atoms with van der Waals surface area (Å²) in [6, 6.07) is 0. The molecular formula is C15H27N3O2. The van der Waals surface area contributed by atoms with Gasteiger partial charge in [0.1, 0.15) is 6.10 Å². The Bertz CT molecular complexity index is 429. The van der Waals surface area contributed by atoms with Crippen molar-refractivity contribution in [1.82, 2.24) is 10.1 Å². The molecule has 1 aromatic rings. The van der Waals surface area contributed by atoms with Gasteiger partial charge in [0, 0.05) is 7.11 Å². The van der Waals surface area contributed by atoms with Crippen LogP contribution in [0.1, 0.15) is 77.1 Å². The average Bonchev–Trinajstić information content (AvgIpc) is 2.72. The topological polar surface area (TPSA) is 74.2 Å². The highest BCUT2D eigenvalue weighted by Gasteiger charge is 2.37. The fourth-order valence-electron chi connectivity index (χ4n) is 2.96. The van der Waals surface area contributed by atoms with Crippen LogP contribution in [0.3, 0.4) is 0 Å². The maximum atomic E-state index is 6.51. The molecule has 1 aliphatic rings. The van der Waals surface area contributed by atoms with E-state index in [1.165, 1.54) is 12.8 Å². The summed E-state index contributed by atoms with van der Waals surface area (Å²) in [6.45, 7) is 6.29. The second kappa shape index (κ2) is 5.82. The molecule has 0 bridgehead atoms. The second-order valence-electron chi connectivity index (χ2n) is 7.01. The largest absolute Gasteiger partial charge is 0.373 e. The molecule has 5 nitrogen and oxygen atoms in total. The maximum absolute atomic E-state index is 6.51. The Hall–Kier alpha value is -0.940. The van der Waals surface area contributed by atoms with Gasteiger partial charge in [-0.1, -0.05) is 51.6 Å². The van der Waals surface area contributed by atoms with Crippen LogP contribution in [-0.2, 0) is 10.3 Å². The van der Waals surface area contributed by atoms with Crippen LogP contribution in [0.25, 0.3) is 0 Å². The van der Waals surface area contributed by atoms with Gasteiger partial charge in [0.25, 0.3) is 0 Å². The van der Waals surface area contributed by atoms with Crippen LogP contribution in [0.4, 0.5) is 0 Å². The predicted octanol–water partition coefficient (Wildman–Crippen LogP) is 3.31. The summed E-state index contributed by atoms with van der Waals surface area (Å²) in [5.41, 5.74) is 5.96. The summed E-state index contributed by atoms with van der Waals surface area (Å²) >= 11 is 0. The van der Waals surface area contributed by atoms with Crippen LogP contribution in [0.2, 0.25) is 0 Å². The van der Waals surface area contributed by atoms with Gasteiger partial charge in [-0.2, -0.15) is 4.98 Å². The Labute approximate surface area is 121 Å². The van der Waals surface area contributed by atoms with Crippen LogP contribution in [0.5, 0.6) is 0 Å². The van der Waals surface area contributed by atoms with Crippen LogP contribution in [0.15, 0.2) is 4.52 Å². The highest BCUT2D eigenvalue weighted by atomic mass is 16.5. The molecule has 0 radical (unpaired) electrons. The van der Waals surface area contributed by atoms with Crippen molar-refractivity contribution >= 4 is 0 Å². The van der Waals surface area contributed by atoms with Crippen molar-refractivity contribution in [1.29, 1.82) is 0 Å². The van der Waals surface area contributed by atoms with Crippen LogP contribution >= 0.6 is 0 Å². The molecule has 0 amide bonds. The van der Waals surface area contributed by atoms with Gasteiger partial charge in [0.15, 0.2) is 0 Å². The van der Waals surface area contributed by atoms with E-state index in [0.717, 1.165) is 25.7 Å². The molecule has 0 saturated heterocycles. The first kappa shape index (κ1) is 15.4. The number of aromatic nitrogens is 2. The highest BCUT2D eigenvalue weighted by Crippen LogP contribution is 2.37. The van der Waals surface area contributed by atoms with Crippen molar-refractivity contribution in [2.24, 2.45) is 11.1 Å². The third-order valence-electron chi connectivity index (χ3n) is 4.12. The summed E-state index contributed by atoms with van der Waals surface area (Å²) in [6.07, 6.45) is 6.38. The number of hydrogen-bond acceptors (Lipinski definition) is 5. The van der Waals surface area contributed by atoms with Crippen molar-refractivity contribution in [2.75, 3.05) is 7.11 Å². The first-order valence-corrected chi connectivity index (χ1v) is 7.52. The number of ether oxygens (including phenoxy) is 1. The number of methoxy groups -OCH3 is 1. The number of rotatable bonds is 3. The van der Waals surface area contributed by atoms with E-state index in [4.69, 9.17) is 15.0 Å². The molecule has 1 aromatic heterocycles. The Morgan fingerprint density at radius 1 is 1.20 bits per heavy atom. The molecule has 0 aliphatic heterocycles. The van der Waals surface area contributed by atoms with Gasteiger partial charge in [-0.3, -0.25) is 0 Å². The van der Waals surface area contributed by atoms with E-state index in [2.05, 4.69) is 30.9 Å². The van der Waals surface area contributed by atoms with Gasteiger partial charge in [0.2, 0.25) is 11.7 Å². The molecule has 1 aliphatic carbocycles. The Morgan fingerprint density at radius 3 is 2.30 bits per heavy atom. The summed E-state index contributed by atoms with van der Waals surface area (Å²) in [4.78, 5) is 4.56. The molecule has 0 aromatic carbocycles. The van der Waals surface area contributed by atoms with Gasteiger partial charge in [-0.15, -0.1) is 0 Å². The minimum absolute atomic E-state index is 0.0822. The summed E-state index contributed by atoms with van der Waals surface area (Å²) in [7, 11) is 1.68. The Kier molecular flexibility index (Phi) is 4.49. The van der Waals surface area contributed by atoms with Crippen LogP contribution in [-0.4, -0.2) is 17.3 Å². The van der Waals surface area contributed by atoms with E-state index in [1.54, 1.807) is 7.11 Å². The van der Waals surface area contributed by atoms with Crippen molar-refractivity contribution < 1.29 is 9.26 Å². The Morgan fingerprint density at radius 2 is 1.80 bits per heavy atom. The monoisotopic (exact) mass is 281 g/mol. The summed E-state index contributed by atoms with van der Waals surface area (Å²) < 4.78 is 11.0. The molecule has 1 heterocycles. The lowest BCUT2D eigenvalue weighted by molar-refractivity contribution is 0.00718. The smallest absolute Gasteiger partial charge is 0.246 e. The first-order valence-electron chi connectivity index (χ1n) is 7.52. The lowest BCUT2D eigenvalue weighted by atomic mass is 9.88. The van der Waals surface area contributed by atoms with Gasteiger partial charge < -0.3 is 15.0 Å². The molecule has 2 N–H and O–H groups in total. The van der Waals surface area contributed by atoms with Crippen molar-refractivity contribution in [2.45, 2.75) is 70.9 Å². The number of hydrogen-bond donors (Lipinski definition) is 1. The van der Waals surface area contributed by atoms with Crippen LogP contribution < -0.4 is 5.73 Å². The second-order valence-corrected chi connectivity index (χ2v) is 7.01. The van der Waals surface area contributed by atoms with Crippen molar-refractivity contribution in [3.8, 4) is 0 Å². The minimum atomic E-state index is -0.460. The SMILES string of the molecule is COC(c1noc(C2(N)CCCCCC2)n1)C(C)(C)C. The molecule has 1 atom stereocenters. The zero-order chi connectivity index (χ0) is 14.8. The minimum Gasteiger partial charge on any atom is -0.373 e. The predicted molar refractivity (Wildman–Crippen MR) is 77.1 cm³/mol. The van der Waals surface area contributed by atoms with E-state index in [-0.39, 0.29) is 11.5 Å². The van der Waals surface area contributed by atoms with Gasteiger partial charge in [-0.05, 0) is 18.3 Å². The molecule has 1 fully saturated rings. The molecule has 1 saturated carbocycles. The van der Waals surface area contributed by atoms with Gasteiger partial charge in [0.05, 0.1) is 5.54 Å². The number of nitrogens with zero attached hydrogens (tertiary/aromatic N) is 2. The fourth-order valence-corrected chi connectivity index (χ4v) is 2.96. The molecule has 20 heavy (non-hydrogen) atoms. The van der Waals surface area contributed by atoms with E-state index in [0.29, 0.717) is 11.7 Å². The summed E-state index contributed by atoms with van der Waals surface area (Å²) in [5, 5.41) is 4.11. The van der Waals surface area contributed by atoms with Crippen LogP contribution in [0, 0.1) is 5.41 Å². The molecule has 5 heteroatoms. The van der Waals surface area contributed by atoms with Crippen molar-refractivity contribution in [3.63, 3.8) is 0 Å². The van der Waals surface area contributed by atoms with E-state index >= 15 is 0 Å². The molecule has 114 valence electrons. The average molecular weight is 281 g/mol. The molecule has 1 unspecified atom stereocenters. The first-order chi connectivity index (χ1) is 9.37. The molecular weight excluding hydrogens is 254 g/mol. The van der Waals surface area contributed by atoms with E-state index in [1.807, 2.05) is 0 Å². The fraction of sp³-hybridized carbons (Fsp3) is 0.867. The van der Waals surface area contributed by atoms with Gasteiger partial charge >= 0.3 is 0 Å². The maximum Gasteiger partial charge on any atom is 0.246 e. The quantitative estimate of drug-likeness (QED) is 0.860. The highest BCUT2D eigenvalue weighted by molar-refractivity contribution is 5.05. The van der Waals surface area contributed by atoms with E-state index < -0.39 is 5.54 Å². The normalized spacial score (nSPS) is 21.4. The van der Waals surface area contributed by atoms with Gasteiger partial charge in [-0.25, -0.2) is 0 Å². The standard InChI is InChI=1S/C15H27N3O2/c1-14(2,3)11(19-4)12-17-13(20-18-12)15(16)9-7-5-6-8-10-15/h11H,5-10,16H2,1-4H3. The summed E-state index contributed by atoms with van der Waals surface area (Å²) in [5.74, 6) is 1.17. The van der Waals surface area contributed by atoms with E-state index in [9.17, 15) is 0 Å². The lowest BCUT2D eigenvalue weighted by Gasteiger charge is -2.26. The number of nitrogens with two attached hydrogens (primary N) is 1. The zero-order valence-electron chi connectivity index (χ0n) is 13.1. The molecule has 0 spiro atoms. The molecule has 2 rings (SSSR count). The third kappa shape index (κ3) is 3.20. The van der Waals surface area contributed by atoms with Crippen molar-refractivity contribution in [3.05, 3.63) is 11.7 Å². The third-order valence-corrected chi connectivity index (χ3v) is 4.12. The lowest BCUT2D eigenvalue weighted by Crippen LogP contribution is -2.36. The zero-order valence-corrected chi connectivity index (χ0v) is 13.1.